The molecule has 1 unspecified atom stereocenters. The second-order valence-electron chi connectivity index (χ2n) is 0.0714. The SMILES string of the molecule is P.[F][U][Cl].[U].[U].[U].[U].[U].[U].[U].[U].[U].[U].[U].[U].[U].[U].[U].[U].[U].[U].[U].[U].[U].[U].[U]. The molecule has 0 spiro atoms. The van der Waals surface area contributed by atoms with E-state index in [1.807, 2.05) is 0 Å². The Morgan fingerprint density at radius 1 is 0.296 bits per heavy atom. The molecule has 27 heavy (non-hydrogen) atoms. The van der Waals surface area contributed by atoms with E-state index in [2.05, 4.69) is 7.62 Å². The minimum atomic E-state index is -2.03. The Bertz CT molecular complexity index is 18.3. The Balaban J connectivity index is -0.0000000000725. The van der Waals surface area contributed by atoms with Crippen LogP contribution in [0.3, 0.4) is 0 Å². The van der Waals surface area contributed by atoms with Crippen molar-refractivity contribution < 1.29 is 745 Å². The summed E-state index contributed by atoms with van der Waals surface area (Å²) in [5.74, 6) is 0. The fourth-order valence-electron chi connectivity index (χ4n) is 0. The first-order valence-corrected chi connectivity index (χ1v) is 7.05. The average molecular weight is 5800 g/mol. The van der Waals surface area contributed by atoms with E-state index in [-0.39, 0.29) is 726 Å². The topological polar surface area (TPSA) is 0 Å². The van der Waals surface area contributed by atoms with E-state index in [0.717, 1.165) is 0 Å². The van der Waals surface area contributed by atoms with Crippen LogP contribution >= 0.6 is 17.5 Å². The molecule has 0 heterocycles. The molecule has 0 aromatic carbocycles. The minimum Gasteiger partial charge on any atom is 0 e. The number of hydrogen-bond donors (Lipinski definition) is 0. The smallest absolute Gasteiger partial charge is 0 e. The van der Waals surface area contributed by atoms with Crippen LogP contribution in [0, 0.1) is 743 Å². The van der Waals surface area contributed by atoms with Gasteiger partial charge in [0.15, 0.2) is 0 Å². The van der Waals surface area contributed by atoms with Gasteiger partial charge in [0, 0.05) is 716 Å². The maximum Gasteiger partial charge on any atom is 0 e. The molecule has 0 bridgehead atoms. The second kappa shape index (κ2) is 186. The van der Waals surface area contributed by atoms with Crippen molar-refractivity contribution >= 4 is 17.5 Å². The van der Waals surface area contributed by atoms with Gasteiger partial charge in [-0.1, -0.05) is 0 Å². The van der Waals surface area contributed by atoms with E-state index < -0.39 is 27.1 Å². The first-order chi connectivity index (χ1) is 1.41. The molecule has 0 aliphatic carbocycles. The van der Waals surface area contributed by atoms with Gasteiger partial charge < -0.3 is 0 Å². The van der Waals surface area contributed by atoms with Crippen LogP contribution in [-0.4, -0.2) is 0 Å². The molecule has 0 fully saturated rings. The summed E-state index contributed by atoms with van der Waals surface area (Å²) in [5, 5.41) is 0. The van der Waals surface area contributed by atoms with Gasteiger partial charge in [0.1, 0.15) is 0 Å². The van der Waals surface area contributed by atoms with Gasteiger partial charge in [-0.15, -0.1) is 0 Å². The zero-order chi connectivity index (χ0) is 2.71. The molecule has 0 rings (SSSR count). The van der Waals surface area contributed by atoms with Crippen LogP contribution in [0.25, 0.3) is 0 Å². The normalized spacial score (nSPS) is 0.370. The third-order valence-corrected chi connectivity index (χ3v) is 0. The number of hydrogen-bond acceptors (Lipinski definition) is 0. The largest absolute Gasteiger partial charge is 0 e. The van der Waals surface area contributed by atoms with Crippen molar-refractivity contribution in [3.63, 3.8) is 0 Å². The van der Waals surface area contributed by atoms with Crippen LogP contribution in [0.15, 0.2) is 0 Å². The summed E-state index contributed by atoms with van der Waals surface area (Å²) in [5.41, 5.74) is 0. The van der Waals surface area contributed by atoms with E-state index in [9.17, 15) is 2.10 Å². The summed E-state index contributed by atoms with van der Waals surface area (Å²) >= 11 is -2.03. The fraction of sp³-hybridized carbons (Fsp3) is 0. The average Bonchev–Trinajstić information content (AvgIpc) is 0.918. The van der Waals surface area contributed by atoms with Gasteiger partial charge in [0.05, 0.1) is 0 Å². The quantitative estimate of drug-likeness (QED) is 0.321. The number of rotatable bonds is 0. The summed E-state index contributed by atoms with van der Waals surface area (Å²) < 4.78 is 10.3. The predicted octanol–water partition coefficient (Wildman–Crippen LogP) is 1.17. The van der Waals surface area contributed by atoms with Crippen molar-refractivity contribution in [1.29, 1.82) is 0 Å². The van der Waals surface area contributed by atoms with Crippen molar-refractivity contribution in [3.8, 4) is 0 Å². The van der Waals surface area contributed by atoms with Crippen LogP contribution in [0.5, 0.6) is 0 Å². The van der Waals surface area contributed by atoms with Crippen molar-refractivity contribution in [2.45, 2.75) is 0 Å². The molecule has 0 aliphatic heterocycles. The Kier molecular flexibility index (Phi) is 1260. The van der Waals surface area contributed by atoms with Gasteiger partial charge in [0.25, 0.3) is 0 Å². The zero-order valence-electron chi connectivity index (χ0n) is 13.5. The maximum atomic E-state index is 10.3. The van der Waals surface area contributed by atoms with Gasteiger partial charge in [-0.05, 0) is 0 Å². The summed E-state index contributed by atoms with van der Waals surface area (Å²) in [4.78, 5) is 0. The molecule has 0 saturated heterocycles. The Morgan fingerprint density at radius 2 is 0.296 bits per heavy atom. The third kappa shape index (κ3) is 193. The van der Waals surface area contributed by atoms with Gasteiger partial charge in [-0.25, -0.2) is 0 Å². The van der Waals surface area contributed by atoms with Crippen LogP contribution in [0.4, 0.5) is 2.10 Å². The first kappa shape index (κ1) is 183. The molecule has 27 heteroatoms. The molecule has 0 aromatic rings. The molecule has 118 valence electrons. The first-order valence-electron chi connectivity index (χ1n) is 0.378. The molecule has 1 atom stereocenters. The molecule has 0 N–H and O–H groups in total. The fourth-order valence-corrected chi connectivity index (χ4v) is 0. The molecular weight excluding hydrogens is 5800 g/mol. The predicted molar refractivity (Wildman–Crippen MR) is 18.1 cm³/mol. The van der Waals surface area contributed by atoms with E-state index >= 15 is 0 Å². The molecule has 0 aromatic heterocycles. The van der Waals surface area contributed by atoms with E-state index in [0.29, 0.717) is 0 Å². The van der Waals surface area contributed by atoms with Crippen molar-refractivity contribution in [1.82, 2.24) is 0 Å². The van der Waals surface area contributed by atoms with Gasteiger partial charge in [-0.3, -0.25) is 0 Å². The van der Waals surface area contributed by atoms with Crippen LogP contribution < -0.4 is 0 Å². The van der Waals surface area contributed by atoms with Crippen molar-refractivity contribution in [3.05, 3.63) is 0 Å². The molecule has 0 amide bonds. The van der Waals surface area contributed by atoms with Crippen molar-refractivity contribution in [2.24, 2.45) is 0 Å². The summed E-state index contributed by atoms with van der Waals surface area (Å²) in [6.07, 6.45) is 0. The van der Waals surface area contributed by atoms with Crippen molar-refractivity contribution in [2.75, 3.05) is 0 Å². The Hall–Kier alpha value is 25.9. The molecule has 0 aliphatic rings. The monoisotopic (exact) mass is 5800 g/mol. The summed E-state index contributed by atoms with van der Waals surface area (Å²) in [6.45, 7) is 0. The molecule has 0 nitrogen and oxygen atoms in total. The van der Waals surface area contributed by atoms with E-state index in [4.69, 9.17) is 0 Å². The number of halogens is 2. The van der Waals surface area contributed by atoms with Crippen LogP contribution in [-0.2, 0) is 0 Å². The van der Waals surface area contributed by atoms with E-state index in [1.54, 1.807) is 0 Å². The summed E-state index contributed by atoms with van der Waals surface area (Å²) in [7, 11) is 4.54. The minimum absolute atomic E-state index is 0. The van der Waals surface area contributed by atoms with Crippen LogP contribution in [0.1, 0.15) is 0 Å². The van der Waals surface area contributed by atoms with Gasteiger partial charge in [0.2, 0.25) is 0 Å². The summed E-state index contributed by atoms with van der Waals surface area (Å²) in [6, 6.07) is 0. The van der Waals surface area contributed by atoms with Crippen LogP contribution in [0.2, 0.25) is 0 Å². The Labute approximate surface area is 734 Å². The molecule has 0 radical (unpaired) electrons. The second-order valence-corrected chi connectivity index (χ2v) is 2.00. The Morgan fingerprint density at radius 3 is 0.296 bits per heavy atom. The van der Waals surface area contributed by atoms with Gasteiger partial charge >= 0.3 is 36.8 Å². The molecule has 0 saturated carbocycles. The zero-order valence-corrected chi connectivity index (χ0v) is 116. The molecular formula is H3ClFPU24. The maximum absolute atomic E-state index is 10.3. The van der Waals surface area contributed by atoms with Gasteiger partial charge in [-0.2, -0.15) is 9.90 Å². The third-order valence-electron chi connectivity index (χ3n) is 0. The standard InChI is InChI=1S/ClH.FH.H3P.24U/h2*1H;1H3;;;;;;;;;;;;;;;;;;;;;;;;/q;;;;;;;;;;;;;;;;;;;;;;;;;;+2/p-2. The van der Waals surface area contributed by atoms with E-state index in [1.165, 1.54) is 0 Å².